The van der Waals surface area contributed by atoms with Crippen molar-refractivity contribution in [3.05, 3.63) is 0 Å². The van der Waals surface area contributed by atoms with E-state index in [1.807, 2.05) is 11.8 Å². The molecule has 3 nitrogen and oxygen atoms in total. The number of hydrogen-bond donors (Lipinski definition) is 0. The Morgan fingerprint density at radius 3 is 2.82 bits per heavy atom. The quantitative estimate of drug-likeness (QED) is 0.589. The molecule has 0 aromatic carbocycles. The molecule has 1 unspecified atom stereocenters. The molecule has 1 saturated heterocycles. The maximum absolute atomic E-state index is 11.0. The lowest BCUT2D eigenvalue weighted by molar-refractivity contribution is -0.130. The van der Waals surface area contributed by atoms with Gasteiger partial charge < -0.3 is 9.64 Å². The first-order valence-corrected chi connectivity index (χ1v) is 4.10. The zero-order valence-electron chi connectivity index (χ0n) is 7.17. The molecule has 0 N–H and O–H groups in total. The molecule has 0 saturated carbocycles. The summed E-state index contributed by atoms with van der Waals surface area (Å²) in [6, 6.07) is 0.331. The van der Waals surface area contributed by atoms with Gasteiger partial charge in [0.2, 0.25) is 5.91 Å². The van der Waals surface area contributed by atoms with Crippen LogP contribution in [0.4, 0.5) is 0 Å². The minimum atomic E-state index is 0.156. The molecule has 0 aromatic heterocycles. The smallest absolute Gasteiger partial charge is 0.219 e. The van der Waals surface area contributed by atoms with Gasteiger partial charge in [0.1, 0.15) is 0 Å². The highest BCUT2D eigenvalue weighted by Gasteiger charge is 2.23. The number of carbonyl (C=O) groups is 1. The molecule has 0 bridgehead atoms. The number of ether oxygens (including phenoxy) is 1. The predicted octanol–water partition coefficient (Wildman–Crippen LogP) is 0.644. The van der Waals surface area contributed by atoms with Gasteiger partial charge in [-0.15, -0.1) is 0 Å². The zero-order valence-corrected chi connectivity index (χ0v) is 7.17. The van der Waals surface area contributed by atoms with Crippen LogP contribution in [0.15, 0.2) is 0 Å². The molecule has 11 heavy (non-hydrogen) atoms. The minimum Gasteiger partial charge on any atom is -0.379 e. The largest absolute Gasteiger partial charge is 0.379 e. The van der Waals surface area contributed by atoms with Gasteiger partial charge in [-0.25, -0.2) is 0 Å². The number of carbonyl (C=O) groups excluding carboxylic acids is 1. The van der Waals surface area contributed by atoms with Gasteiger partial charge in [-0.3, -0.25) is 4.79 Å². The molecule has 1 aliphatic heterocycles. The topological polar surface area (TPSA) is 29.5 Å². The van der Waals surface area contributed by atoms with E-state index in [2.05, 4.69) is 0 Å². The van der Waals surface area contributed by atoms with Crippen molar-refractivity contribution < 1.29 is 9.53 Å². The summed E-state index contributed by atoms with van der Waals surface area (Å²) in [7, 11) is 0. The van der Waals surface area contributed by atoms with Gasteiger partial charge in [-0.05, 0) is 13.3 Å². The fourth-order valence-electron chi connectivity index (χ4n) is 1.51. The van der Waals surface area contributed by atoms with Gasteiger partial charge >= 0.3 is 0 Å². The molecule has 0 spiro atoms. The van der Waals surface area contributed by atoms with Gasteiger partial charge in [-0.2, -0.15) is 0 Å². The first-order valence-electron chi connectivity index (χ1n) is 4.10. The Balaban J connectivity index is 2.46. The number of rotatable bonds is 2. The highest BCUT2D eigenvalue weighted by molar-refractivity contribution is 5.73. The van der Waals surface area contributed by atoms with Gasteiger partial charge in [0.05, 0.1) is 12.6 Å². The number of amides is 1. The average Bonchev–Trinajstić information content (AvgIpc) is 2.40. The van der Waals surface area contributed by atoms with E-state index in [4.69, 9.17) is 4.74 Å². The van der Waals surface area contributed by atoms with Crippen molar-refractivity contribution in [1.29, 1.82) is 0 Å². The highest BCUT2D eigenvalue weighted by atomic mass is 16.5. The van der Waals surface area contributed by atoms with Gasteiger partial charge in [0.25, 0.3) is 0 Å². The van der Waals surface area contributed by atoms with Crippen molar-refractivity contribution in [3.63, 3.8) is 0 Å². The SMILES string of the molecule is CCN(C(C)=O)C1CCOC1. The van der Waals surface area contributed by atoms with Gasteiger partial charge in [0.15, 0.2) is 0 Å². The lowest BCUT2D eigenvalue weighted by atomic mass is 10.2. The molecule has 64 valence electrons. The third kappa shape index (κ3) is 1.93. The third-order valence-electron chi connectivity index (χ3n) is 2.09. The van der Waals surface area contributed by atoms with E-state index in [0.717, 1.165) is 19.6 Å². The maximum Gasteiger partial charge on any atom is 0.219 e. The van der Waals surface area contributed by atoms with E-state index in [1.54, 1.807) is 6.92 Å². The summed E-state index contributed by atoms with van der Waals surface area (Å²) in [6.07, 6.45) is 0.993. The summed E-state index contributed by atoms with van der Waals surface area (Å²) in [5.74, 6) is 0.156. The minimum absolute atomic E-state index is 0.156. The zero-order chi connectivity index (χ0) is 8.27. The maximum atomic E-state index is 11.0. The fourth-order valence-corrected chi connectivity index (χ4v) is 1.51. The average molecular weight is 157 g/mol. The summed E-state index contributed by atoms with van der Waals surface area (Å²) in [6.45, 7) is 5.92. The molecule has 1 heterocycles. The van der Waals surface area contributed by atoms with Gasteiger partial charge in [0, 0.05) is 20.1 Å². The lowest BCUT2D eigenvalue weighted by Gasteiger charge is -2.24. The Hall–Kier alpha value is -0.570. The van der Waals surface area contributed by atoms with Crippen LogP contribution in [0.25, 0.3) is 0 Å². The summed E-state index contributed by atoms with van der Waals surface area (Å²) in [5, 5.41) is 0. The molecule has 0 aliphatic carbocycles. The summed E-state index contributed by atoms with van der Waals surface area (Å²) >= 11 is 0. The molecule has 1 atom stereocenters. The molecule has 3 heteroatoms. The Kier molecular flexibility index (Phi) is 2.88. The molecular weight excluding hydrogens is 142 g/mol. The van der Waals surface area contributed by atoms with Crippen LogP contribution >= 0.6 is 0 Å². The molecular formula is C8H15NO2. The standard InChI is InChI=1S/C8H15NO2/c1-3-9(7(2)10)8-4-5-11-6-8/h8H,3-6H2,1-2H3. The van der Waals surface area contributed by atoms with Crippen molar-refractivity contribution in [3.8, 4) is 0 Å². The lowest BCUT2D eigenvalue weighted by Crippen LogP contribution is -2.38. The van der Waals surface area contributed by atoms with E-state index in [9.17, 15) is 4.79 Å². The van der Waals surface area contributed by atoms with Crippen LogP contribution in [0.1, 0.15) is 20.3 Å². The van der Waals surface area contributed by atoms with E-state index in [0.29, 0.717) is 12.6 Å². The number of nitrogens with zero attached hydrogens (tertiary/aromatic N) is 1. The normalized spacial score (nSPS) is 23.6. The fraction of sp³-hybridized carbons (Fsp3) is 0.875. The van der Waals surface area contributed by atoms with Crippen molar-refractivity contribution in [2.75, 3.05) is 19.8 Å². The first-order chi connectivity index (χ1) is 5.25. The number of hydrogen-bond acceptors (Lipinski definition) is 2. The Labute approximate surface area is 67.3 Å². The van der Waals surface area contributed by atoms with Crippen LogP contribution in [-0.2, 0) is 9.53 Å². The summed E-state index contributed by atoms with van der Waals surface area (Å²) < 4.78 is 5.20. The molecule has 1 amide bonds. The van der Waals surface area contributed by atoms with Crippen molar-refractivity contribution in [2.24, 2.45) is 0 Å². The Morgan fingerprint density at radius 2 is 2.45 bits per heavy atom. The van der Waals surface area contributed by atoms with E-state index < -0.39 is 0 Å². The van der Waals surface area contributed by atoms with Crippen molar-refractivity contribution in [2.45, 2.75) is 26.3 Å². The van der Waals surface area contributed by atoms with Gasteiger partial charge in [-0.1, -0.05) is 0 Å². The van der Waals surface area contributed by atoms with Crippen molar-refractivity contribution in [1.82, 2.24) is 4.90 Å². The highest BCUT2D eigenvalue weighted by Crippen LogP contribution is 2.11. The van der Waals surface area contributed by atoms with Crippen LogP contribution < -0.4 is 0 Å². The monoisotopic (exact) mass is 157 g/mol. The second-order valence-electron chi connectivity index (χ2n) is 2.82. The first kappa shape index (κ1) is 8.53. The van der Waals surface area contributed by atoms with E-state index in [1.165, 1.54) is 0 Å². The van der Waals surface area contributed by atoms with Crippen LogP contribution in [0.5, 0.6) is 0 Å². The number of likely N-dealkylation sites (N-methyl/N-ethyl adjacent to an activating group) is 1. The van der Waals surface area contributed by atoms with Crippen LogP contribution in [0.3, 0.4) is 0 Å². The molecule has 0 radical (unpaired) electrons. The third-order valence-corrected chi connectivity index (χ3v) is 2.09. The van der Waals surface area contributed by atoms with Crippen LogP contribution in [0.2, 0.25) is 0 Å². The molecule has 1 rings (SSSR count). The second kappa shape index (κ2) is 3.72. The molecule has 1 aliphatic rings. The Bertz CT molecular complexity index is 141. The van der Waals surface area contributed by atoms with E-state index >= 15 is 0 Å². The van der Waals surface area contributed by atoms with Crippen LogP contribution in [-0.4, -0.2) is 36.6 Å². The van der Waals surface area contributed by atoms with Crippen molar-refractivity contribution >= 4 is 5.91 Å². The predicted molar refractivity (Wildman–Crippen MR) is 42.3 cm³/mol. The molecule has 0 aromatic rings. The summed E-state index contributed by atoms with van der Waals surface area (Å²) in [4.78, 5) is 12.9. The van der Waals surface area contributed by atoms with E-state index in [-0.39, 0.29) is 5.91 Å². The Morgan fingerprint density at radius 1 is 1.73 bits per heavy atom. The summed E-state index contributed by atoms with van der Waals surface area (Å²) in [5.41, 5.74) is 0. The van der Waals surface area contributed by atoms with Crippen LogP contribution in [0, 0.1) is 0 Å². The molecule has 1 fully saturated rings. The second-order valence-corrected chi connectivity index (χ2v) is 2.82.